The average molecular weight is 300 g/mol. The number of aromatic nitrogens is 1. The van der Waals surface area contributed by atoms with E-state index in [1.807, 2.05) is 0 Å². The first-order valence-electron chi connectivity index (χ1n) is 5.51. The minimum Gasteiger partial charge on any atom is -0.330 e. The molecule has 0 atom stereocenters. The molecule has 1 aromatic carbocycles. The maximum Gasteiger partial charge on any atom is 0.275 e. The number of hydrogen-bond donors (Lipinski definition) is 2. The van der Waals surface area contributed by atoms with Crippen molar-refractivity contribution in [1.82, 2.24) is 4.98 Å². The molecule has 0 unspecified atom stereocenters. The Hall–Kier alpha value is -1.50. The molecule has 0 aliphatic heterocycles. The number of hydrogen-bond acceptors (Lipinski definition) is 4. The van der Waals surface area contributed by atoms with E-state index in [2.05, 4.69) is 10.3 Å². The van der Waals surface area contributed by atoms with Gasteiger partial charge in [0.2, 0.25) is 0 Å². The number of thiazole rings is 1. The first-order valence-corrected chi connectivity index (χ1v) is 6.77. The van der Waals surface area contributed by atoms with Crippen LogP contribution in [0, 0.1) is 5.82 Å². The number of carbonyl (C=O) groups is 1. The van der Waals surface area contributed by atoms with Crippen LogP contribution in [0.15, 0.2) is 23.6 Å². The van der Waals surface area contributed by atoms with Crippen molar-refractivity contribution in [2.75, 3.05) is 11.9 Å². The number of amides is 1. The molecular formula is C12H11ClFN3OS. The van der Waals surface area contributed by atoms with E-state index < -0.39 is 11.7 Å². The molecule has 0 saturated heterocycles. The van der Waals surface area contributed by atoms with Crippen molar-refractivity contribution in [1.29, 1.82) is 0 Å². The molecule has 1 amide bonds. The van der Waals surface area contributed by atoms with Gasteiger partial charge in [-0.2, -0.15) is 0 Å². The maximum absolute atomic E-state index is 13.5. The Bertz CT molecular complexity index is 602. The van der Waals surface area contributed by atoms with E-state index in [9.17, 15) is 9.18 Å². The molecular weight excluding hydrogens is 289 g/mol. The van der Waals surface area contributed by atoms with Crippen molar-refractivity contribution in [2.45, 2.75) is 6.42 Å². The summed E-state index contributed by atoms with van der Waals surface area (Å²) >= 11 is 6.99. The summed E-state index contributed by atoms with van der Waals surface area (Å²) in [5.41, 5.74) is 5.73. The number of anilines is 1. The third-order valence-corrected chi connectivity index (χ3v) is 3.47. The van der Waals surface area contributed by atoms with E-state index in [1.165, 1.54) is 23.5 Å². The van der Waals surface area contributed by atoms with Gasteiger partial charge in [0.1, 0.15) is 11.5 Å². The van der Waals surface area contributed by atoms with Crippen LogP contribution < -0.4 is 11.1 Å². The predicted molar refractivity (Wildman–Crippen MR) is 74.2 cm³/mol. The fourth-order valence-electron chi connectivity index (χ4n) is 1.43. The zero-order chi connectivity index (χ0) is 13.8. The average Bonchev–Trinajstić information content (AvgIpc) is 2.82. The number of nitrogens with one attached hydrogen (secondary N) is 1. The molecule has 100 valence electrons. The smallest absolute Gasteiger partial charge is 0.275 e. The molecule has 2 aromatic rings. The molecule has 0 aliphatic rings. The van der Waals surface area contributed by atoms with Crippen LogP contribution in [0.25, 0.3) is 0 Å². The van der Waals surface area contributed by atoms with Gasteiger partial charge in [0.25, 0.3) is 5.91 Å². The number of carbonyl (C=O) groups excluding carboxylic acids is 1. The Balaban J connectivity index is 2.11. The van der Waals surface area contributed by atoms with Crippen molar-refractivity contribution >= 4 is 34.5 Å². The van der Waals surface area contributed by atoms with Crippen LogP contribution in [0.1, 0.15) is 15.5 Å². The molecule has 0 spiro atoms. The van der Waals surface area contributed by atoms with Gasteiger partial charge in [-0.25, -0.2) is 9.37 Å². The van der Waals surface area contributed by atoms with Gasteiger partial charge >= 0.3 is 0 Å². The molecule has 1 aromatic heterocycles. The molecule has 2 rings (SSSR count). The second-order valence-electron chi connectivity index (χ2n) is 3.74. The molecule has 4 nitrogen and oxygen atoms in total. The highest BCUT2D eigenvalue weighted by atomic mass is 35.5. The number of halogens is 2. The SMILES string of the molecule is NCCc1nc(C(=O)Nc2ccc(Cl)cc2F)cs1. The lowest BCUT2D eigenvalue weighted by atomic mass is 10.3. The summed E-state index contributed by atoms with van der Waals surface area (Å²) in [6.07, 6.45) is 0.618. The van der Waals surface area contributed by atoms with Gasteiger partial charge < -0.3 is 11.1 Å². The summed E-state index contributed by atoms with van der Waals surface area (Å²) in [7, 11) is 0. The van der Waals surface area contributed by atoms with Gasteiger partial charge in [-0.3, -0.25) is 4.79 Å². The molecule has 0 radical (unpaired) electrons. The molecule has 0 aliphatic carbocycles. The summed E-state index contributed by atoms with van der Waals surface area (Å²) in [5, 5.41) is 5.12. The molecule has 0 saturated carbocycles. The van der Waals surface area contributed by atoms with Gasteiger partial charge in [0.15, 0.2) is 0 Å². The van der Waals surface area contributed by atoms with Gasteiger partial charge in [0.05, 0.1) is 10.7 Å². The maximum atomic E-state index is 13.5. The largest absolute Gasteiger partial charge is 0.330 e. The van der Waals surface area contributed by atoms with Crippen molar-refractivity contribution in [2.24, 2.45) is 5.73 Å². The molecule has 1 heterocycles. The Morgan fingerprint density at radius 1 is 1.53 bits per heavy atom. The number of rotatable bonds is 4. The van der Waals surface area contributed by atoms with Gasteiger partial charge in [-0.1, -0.05) is 11.6 Å². The summed E-state index contributed by atoms with van der Waals surface area (Å²) in [6.45, 7) is 0.473. The van der Waals surface area contributed by atoms with Crippen LogP contribution >= 0.6 is 22.9 Å². The zero-order valence-corrected chi connectivity index (χ0v) is 11.4. The number of nitrogens with two attached hydrogens (primary N) is 1. The minimum atomic E-state index is -0.585. The Morgan fingerprint density at radius 2 is 2.32 bits per heavy atom. The van der Waals surface area contributed by atoms with E-state index in [1.54, 1.807) is 5.38 Å². The Kier molecular flexibility index (Phi) is 4.47. The lowest BCUT2D eigenvalue weighted by molar-refractivity contribution is 0.102. The van der Waals surface area contributed by atoms with Crippen molar-refractivity contribution in [3.63, 3.8) is 0 Å². The first kappa shape index (κ1) is 13.9. The van der Waals surface area contributed by atoms with E-state index >= 15 is 0 Å². The minimum absolute atomic E-state index is 0.0720. The monoisotopic (exact) mass is 299 g/mol. The third-order valence-electron chi connectivity index (χ3n) is 2.32. The van der Waals surface area contributed by atoms with E-state index in [-0.39, 0.29) is 16.4 Å². The highest BCUT2D eigenvalue weighted by Gasteiger charge is 2.13. The Labute approximate surface area is 118 Å². The van der Waals surface area contributed by atoms with Crippen molar-refractivity contribution in [3.05, 3.63) is 45.1 Å². The third kappa shape index (κ3) is 3.50. The van der Waals surface area contributed by atoms with Crippen LogP contribution in [-0.2, 0) is 6.42 Å². The molecule has 7 heteroatoms. The molecule has 0 bridgehead atoms. The summed E-state index contributed by atoms with van der Waals surface area (Å²) in [4.78, 5) is 16.0. The fourth-order valence-corrected chi connectivity index (χ4v) is 2.38. The van der Waals surface area contributed by atoms with Crippen LogP contribution in [0.5, 0.6) is 0 Å². The first-order chi connectivity index (χ1) is 9.10. The van der Waals surface area contributed by atoms with Crippen LogP contribution in [0.4, 0.5) is 10.1 Å². The summed E-state index contributed by atoms with van der Waals surface area (Å²) < 4.78 is 13.5. The van der Waals surface area contributed by atoms with Crippen LogP contribution in [0.3, 0.4) is 0 Å². The topological polar surface area (TPSA) is 68.0 Å². The predicted octanol–water partition coefficient (Wildman–Crippen LogP) is 2.69. The highest BCUT2D eigenvalue weighted by molar-refractivity contribution is 7.09. The van der Waals surface area contributed by atoms with E-state index in [0.29, 0.717) is 13.0 Å². The Morgan fingerprint density at radius 3 is 3.00 bits per heavy atom. The number of nitrogens with zero attached hydrogens (tertiary/aromatic N) is 1. The van der Waals surface area contributed by atoms with Crippen molar-refractivity contribution < 1.29 is 9.18 Å². The zero-order valence-electron chi connectivity index (χ0n) is 9.82. The molecule has 0 fully saturated rings. The molecule has 3 N–H and O–H groups in total. The number of benzene rings is 1. The van der Waals surface area contributed by atoms with E-state index in [0.717, 1.165) is 11.1 Å². The second kappa shape index (κ2) is 6.10. The van der Waals surface area contributed by atoms with Crippen LogP contribution in [-0.4, -0.2) is 17.4 Å². The van der Waals surface area contributed by atoms with Gasteiger partial charge in [-0.05, 0) is 24.7 Å². The lowest BCUT2D eigenvalue weighted by Crippen LogP contribution is -2.13. The summed E-state index contributed by atoms with van der Waals surface area (Å²) in [6, 6.07) is 4.04. The standard InChI is InChI=1S/C12H11ClFN3OS/c13-7-1-2-9(8(14)5-7)17-12(18)10-6-19-11(16-10)3-4-15/h1-2,5-6H,3-4,15H2,(H,17,18). The van der Waals surface area contributed by atoms with Gasteiger partial charge in [-0.15, -0.1) is 11.3 Å². The van der Waals surface area contributed by atoms with Gasteiger partial charge in [0, 0.05) is 16.8 Å². The molecule has 19 heavy (non-hydrogen) atoms. The normalized spacial score (nSPS) is 10.5. The lowest BCUT2D eigenvalue weighted by Gasteiger charge is -2.04. The highest BCUT2D eigenvalue weighted by Crippen LogP contribution is 2.20. The van der Waals surface area contributed by atoms with Crippen LogP contribution in [0.2, 0.25) is 5.02 Å². The second-order valence-corrected chi connectivity index (χ2v) is 5.12. The summed E-state index contributed by atoms with van der Waals surface area (Å²) in [5.74, 6) is -1.04. The quantitative estimate of drug-likeness (QED) is 0.912. The van der Waals surface area contributed by atoms with E-state index in [4.69, 9.17) is 17.3 Å². The van der Waals surface area contributed by atoms with Crippen molar-refractivity contribution in [3.8, 4) is 0 Å². The fraction of sp³-hybridized carbons (Fsp3) is 0.167.